The molecule has 1 aliphatic heterocycles. The van der Waals surface area contributed by atoms with Crippen molar-refractivity contribution in [2.24, 2.45) is 0 Å². The molecular weight excluding hydrogens is 433 g/mol. The van der Waals surface area contributed by atoms with E-state index in [-0.39, 0.29) is 30.5 Å². The fraction of sp³-hybridized carbons (Fsp3) is 0.696. The van der Waals surface area contributed by atoms with Gasteiger partial charge in [-0.25, -0.2) is 9.87 Å². The number of rotatable bonds is 13. The highest BCUT2D eigenvalue weighted by Crippen LogP contribution is 2.26. The first kappa shape index (κ1) is 28.7. The summed E-state index contributed by atoms with van der Waals surface area (Å²) in [6.45, 7) is 6.56. The molecule has 0 aromatic carbocycles. The van der Waals surface area contributed by atoms with Crippen molar-refractivity contribution in [1.82, 2.24) is 15.7 Å². The van der Waals surface area contributed by atoms with Crippen LogP contribution in [0.4, 0.5) is 4.39 Å². The molecule has 1 heterocycles. The van der Waals surface area contributed by atoms with Gasteiger partial charge in [0.05, 0.1) is 11.8 Å². The van der Waals surface area contributed by atoms with Crippen molar-refractivity contribution in [3.05, 3.63) is 23.3 Å². The number of carbonyl (C=O) groups is 3. The van der Waals surface area contributed by atoms with Crippen LogP contribution in [0.3, 0.4) is 0 Å². The smallest absolute Gasteiger partial charge is 0.243 e. The number of halogens is 1. The molecule has 1 aliphatic rings. The summed E-state index contributed by atoms with van der Waals surface area (Å²) in [6.07, 6.45) is 3.81. The van der Waals surface area contributed by atoms with Crippen molar-refractivity contribution < 1.29 is 33.8 Å². The predicted molar refractivity (Wildman–Crippen MR) is 120 cm³/mol. The Kier molecular flexibility index (Phi) is 12.9. The van der Waals surface area contributed by atoms with Gasteiger partial charge in [-0.05, 0) is 38.7 Å². The van der Waals surface area contributed by atoms with Gasteiger partial charge in [-0.3, -0.25) is 24.5 Å². The van der Waals surface area contributed by atoms with Crippen LogP contribution in [0.15, 0.2) is 23.3 Å². The monoisotopic (exact) mass is 471 g/mol. The standard InChI is InChI=1S/C23H38FN3O6/c1-5-15(2)22(25-20(30)11-9-7-6-8-10-12-21(31)26-32)18(24)14-27(17(4)28)23-19(29)13-16(3)33-23/h14,16,19,23,29,32H,5-13H2,1-4H3,(H,25,30)(H,26,31). The molecule has 10 heteroatoms. The van der Waals surface area contributed by atoms with Crippen molar-refractivity contribution >= 4 is 17.7 Å². The molecule has 1 rings (SSSR count). The van der Waals surface area contributed by atoms with Crippen LogP contribution in [0.2, 0.25) is 0 Å². The number of nitrogens with one attached hydrogen (secondary N) is 2. The third-order valence-corrected chi connectivity index (χ3v) is 5.56. The molecule has 1 saturated heterocycles. The van der Waals surface area contributed by atoms with Crippen molar-refractivity contribution in [2.75, 3.05) is 0 Å². The summed E-state index contributed by atoms with van der Waals surface area (Å²) in [6, 6.07) is 0. The molecule has 3 amide bonds. The van der Waals surface area contributed by atoms with Crippen LogP contribution in [0.25, 0.3) is 0 Å². The van der Waals surface area contributed by atoms with Gasteiger partial charge in [-0.15, -0.1) is 0 Å². The van der Waals surface area contributed by atoms with Crippen LogP contribution in [0, 0.1) is 0 Å². The maximum Gasteiger partial charge on any atom is 0.243 e. The normalized spacial score (nSPS) is 21.4. The van der Waals surface area contributed by atoms with Gasteiger partial charge in [-0.1, -0.05) is 26.2 Å². The first-order valence-corrected chi connectivity index (χ1v) is 11.5. The fourth-order valence-electron chi connectivity index (χ4n) is 3.53. The predicted octanol–water partition coefficient (Wildman–Crippen LogP) is 3.18. The number of amides is 3. The molecule has 9 nitrogen and oxygen atoms in total. The summed E-state index contributed by atoms with van der Waals surface area (Å²) in [5.74, 6) is -2.02. The molecule has 1 fully saturated rings. The SMILES string of the molecule is CCC(C)=C(NC(=O)CCCCCCCC(=O)NO)C(F)=CN(C(C)=O)C1OC(C)CC1O. The highest BCUT2D eigenvalue weighted by atomic mass is 19.1. The zero-order valence-electron chi connectivity index (χ0n) is 20.0. The molecule has 0 bridgehead atoms. The summed E-state index contributed by atoms with van der Waals surface area (Å²) in [4.78, 5) is 36.5. The lowest BCUT2D eigenvalue weighted by Gasteiger charge is -2.26. The van der Waals surface area contributed by atoms with Crippen molar-refractivity contribution in [3.8, 4) is 0 Å². The molecule has 3 atom stereocenters. The second kappa shape index (κ2) is 14.8. The van der Waals surface area contributed by atoms with Gasteiger partial charge >= 0.3 is 0 Å². The number of carbonyl (C=O) groups excluding carboxylic acids is 3. The number of nitrogens with zero attached hydrogens (tertiary/aromatic N) is 1. The third-order valence-electron chi connectivity index (χ3n) is 5.56. The summed E-state index contributed by atoms with van der Waals surface area (Å²) >= 11 is 0. The number of allylic oxidation sites excluding steroid dienone is 2. The molecule has 0 aromatic heterocycles. The largest absolute Gasteiger partial charge is 0.388 e. The van der Waals surface area contributed by atoms with E-state index in [4.69, 9.17) is 9.94 Å². The van der Waals surface area contributed by atoms with E-state index < -0.39 is 30.0 Å². The van der Waals surface area contributed by atoms with Crippen LogP contribution in [0.1, 0.15) is 85.5 Å². The highest BCUT2D eigenvalue weighted by Gasteiger charge is 2.37. The number of hydrogen-bond donors (Lipinski definition) is 4. The maximum atomic E-state index is 15.2. The van der Waals surface area contributed by atoms with E-state index in [0.29, 0.717) is 31.3 Å². The minimum atomic E-state index is -0.981. The van der Waals surface area contributed by atoms with Gasteiger partial charge in [0.25, 0.3) is 0 Å². The number of hydroxylamine groups is 1. The molecule has 4 N–H and O–H groups in total. The lowest BCUT2D eigenvalue weighted by Crippen LogP contribution is -2.41. The van der Waals surface area contributed by atoms with E-state index >= 15 is 4.39 Å². The molecule has 3 unspecified atom stereocenters. The van der Waals surface area contributed by atoms with Gasteiger partial charge in [0.15, 0.2) is 12.1 Å². The van der Waals surface area contributed by atoms with Crippen molar-refractivity contribution in [2.45, 2.75) is 104 Å². The zero-order chi connectivity index (χ0) is 25.0. The number of ether oxygens (including phenoxy) is 1. The van der Waals surface area contributed by atoms with Crippen LogP contribution in [0.5, 0.6) is 0 Å². The number of aliphatic hydroxyl groups is 1. The summed E-state index contributed by atoms with van der Waals surface area (Å²) < 4.78 is 20.7. The number of unbranched alkanes of at least 4 members (excludes halogenated alkanes) is 4. The molecule has 0 spiro atoms. The molecule has 0 aliphatic carbocycles. The van der Waals surface area contributed by atoms with Gasteiger partial charge in [-0.2, -0.15) is 0 Å². The summed E-state index contributed by atoms with van der Waals surface area (Å²) in [5, 5.41) is 21.2. The Balaban J connectivity index is 2.69. The number of aliphatic hydroxyl groups excluding tert-OH is 1. The third kappa shape index (κ3) is 10.0. The fourth-order valence-corrected chi connectivity index (χ4v) is 3.53. The molecule has 0 radical (unpaired) electrons. The van der Waals surface area contributed by atoms with Gasteiger partial charge in [0, 0.05) is 32.4 Å². The lowest BCUT2D eigenvalue weighted by molar-refractivity contribution is -0.142. The Morgan fingerprint density at radius 3 is 2.15 bits per heavy atom. The number of hydrogen-bond acceptors (Lipinski definition) is 6. The topological polar surface area (TPSA) is 128 Å². The van der Waals surface area contributed by atoms with Crippen LogP contribution in [-0.2, 0) is 19.1 Å². The molecule has 0 saturated carbocycles. The second-order valence-electron chi connectivity index (χ2n) is 8.40. The van der Waals surface area contributed by atoms with Crippen LogP contribution in [-0.4, -0.2) is 51.4 Å². The maximum absolute atomic E-state index is 15.2. The van der Waals surface area contributed by atoms with Crippen LogP contribution < -0.4 is 10.8 Å². The van der Waals surface area contributed by atoms with E-state index in [1.165, 1.54) is 6.92 Å². The molecule has 0 aromatic rings. The van der Waals surface area contributed by atoms with Crippen molar-refractivity contribution in [3.63, 3.8) is 0 Å². The Labute approximate surface area is 195 Å². The van der Waals surface area contributed by atoms with E-state index in [1.54, 1.807) is 19.3 Å². The minimum absolute atomic E-state index is 0.0179. The van der Waals surface area contributed by atoms with E-state index in [0.717, 1.165) is 30.4 Å². The molecule has 33 heavy (non-hydrogen) atoms. The average molecular weight is 472 g/mol. The Hall–Kier alpha value is -2.30. The van der Waals surface area contributed by atoms with Gasteiger partial charge in [0.1, 0.15) is 6.10 Å². The Morgan fingerprint density at radius 1 is 1.09 bits per heavy atom. The quantitative estimate of drug-likeness (QED) is 0.141. The van der Waals surface area contributed by atoms with Crippen LogP contribution >= 0.6 is 0 Å². The van der Waals surface area contributed by atoms with Gasteiger partial charge in [0.2, 0.25) is 17.7 Å². The van der Waals surface area contributed by atoms with E-state index in [9.17, 15) is 19.5 Å². The van der Waals surface area contributed by atoms with Crippen molar-refractivity contribution in [1.29, 1.82) is 0 Å². The summed E-state index contributed by atoms with van der Waals surface area (Å²) in [5.41, 5.74) is 2.22. The minimum Gasteiger partial charge on any atom is -0.388 e. The van der Waals surface area contributed by atoms with Gasteiger partial charge < -0.3 is 15.2 Å². The second-order valence-corrected chi connectivity index (χ2v) is 8.40. The zero-order valence-corrected chi connectivity index (χ0v) is 20.0. The van der Waals surface area contributed by atoms with E-state index in [1.807, 2.05) is 6.92 Å². The molecular formula is C23H38FN3O6. The Bertz CT molecular complexity index is 740. The first-order valence-electron chi connectivity index (χ1n) is 11.5. The first-order chi connectivity index (χ1) is 15.6. The van der Waals surface area contributed by atoms with E-state index in [2.05, 4.69) is 5.32 Å². The summed E-state index contributed by atoms with van der Waals surface area (Å²) in [7, 11) is 0. The average Bonchev–Trinajstić information content (AvgIpc) is 3.11. The Morgan fingerprint density at radius 2 is 1.67 bits per heavy atom. The molecule has 188 valence electrons. The highest BCUT2D eigenvalue weighted by molar-refractivity contribution is 5.79. The lowest BCUT2D eigenvalue weighted by atomic mass is 10.1.